The number of fused-ring (bicyclic) bond motifs is 1. The fourth-order valence-corrected chi connectivity index (χ4v) is 4.68. The zero-order valence-electron chi connectivity index (χ0n) is 14.4. The number of piperidine rings is 1. The first kappa shape index (κ1) is 16.7. The van der Waals surface area contributed by atoms with Crippen LogP contribution in [0.2, 0.25) is 0 Å². The molecule has 1 spiro atoms. The number of carbonyl (C=O) groups is 1. The Hall–Kier alpha value is -1.77. The maximum absolute atomic E-state index is 13.0. The molecule has 1 amide bonds. The molecule has 2 aromatic rings. The molecule has 2 aliphatic rings. The predicted molar refractivity (Wildman–Crippen MR) is 94.1 cm³/mol. The van der Waals surface area contributed by atoms with E-state index >= 15 is 0 Å². The number of hydrogen-bond donors (Lipinski definition) is 0. The van der Waals surface area contributed by atoms with Gasteiger partial charge in [0.15, 0.2) is 5.79 Å². The molecular formula is C17H21N3O4S. The Morgan fingerprint density at radius 3 is 2.64 bits per heavy atom. The van der Waals surface area contributed by atoms with Gasteiger partial charge in [-0.15, -0.1) is 11.3 Å². The molecule has 2 aromatic heterocycles. The topological polar surface area (TPSA) is 73.7 Å². The Morgan fingerprint density at radius 1 is 1.32 bits per heavy atom. The number of aryl methyl sites for hydroxylation is 2. The number of rotatable bonds is 2. The molecule has 8 heteroatoms. The molecule has 0 radical (unpaired) electrons. The van der Waals surface area contributed by atoms with Gasteiger partial charge in [-0.2, -0.15) is 0 Å². The number of aromatic nitrogens is 2. The van der Waals surface area contributed by atoms with Gasteiger partial charge in [-0.25, -0.2) is 4.98 Å². The fourth-order valence-electron chi connectivity index (χ4n) is 3.57. The van der Waals surface area contributed by atoms with E-state index in [4.69, 9.17) is 9.47 Å². The SMILES string of the molecule is CCn1cnc2sc(C(=O)N3CCC4(CC3)OCCO4)c(C)c2c1=O. The van der Waals surface area contributed by atoms with Crippen molar-refractivity contribution in [3.8, 4) is 0 Å². The summed E-state index contributed by atoms with van der Waals surface area (Å²) in [5.41, 5.74) is 0.657. The second-order valence-electron chi connectivity index (χ2n) is 6.47. The number of nitrogens with zero attached hydrogens (tertiary/aromatic N) is 3. The summed E-state index contributed by atoms with van der Waals surface area (Å²) in [5.74, 6) is -0.529. The van der Waals surface area contributed by atoms with Crippen LogP contribution in [-0.4, -0.2) is 52.4 Å². The Kier molecular flexibility index (Phi) is 4.13. The van der Waals surface area contributed by atoms with Crippen LogP contribution in [0.5, 0.6) is 0 Å². The molecule has 4 rings (SSSR count). The molecule has 0 unspecified atom stereocenters. The van der Waals surface area contributed by atoms with E-state index in [0.29, 0.717) is 60.8 Å². The van der Waals surface area contributed by atoms with Crippen molar-refractivity contribution in [1.29, 1.82) is 0 Å². The molecule has 4 heterocycles. The quantitative estimate of drug-likeness (QED) is 0.813. The van der Waals surface area contributed by atoms with E-state index in [2.05, 4.69) is 4.98 Å². The van der Waals surface area contributed by atoms with Gasteiger partial charge in [0, 0.05) is 32.5 Å². The summed E-state index contributed by atoms with van der Waals surface area (Å²) in [5, 5.41) is 0.564. The van der Waals surface area contributed by atoms with E-state index in [1.54, 1.807) is 10.9 Å². The van der Waals surface area contributed by atoms with Crippen LogP contribution in [0, 0.1) is 6.92 Å². The summed E-state index contributed by atoms with van der Waals surface area (Å²) in [6.07, 6.45) is 2.92. The van der Waals surface area contributed by atoms with Crippen LogP contribution in [0.3, 0.4) is 0 Å². The van der Waals surface area contributed by atoms with Crippen LogP contribution < -0.4 is 5.56 Å². The minimum absolute atomic E-state index is 0.0317. The van der Waals surface area contributed by atoms with Gasteiger partial charge < -0.3 is 14.4 Å². The summed E-state index contributed by atoms with van der Waals surface area (Å²) in [7, 11) is 0. The Bertz CT molecular complexity index is 872. The molecule has 25 heavy (non-hydrogen) atoms. The van der Waals surface area contributed by atoms with Gasteiger partial charge in [0.2, 0.25) is 0 Å². The highest BCUT2D eigenvalue weighted by molar-refractivity contribution is 7.20. The average molecular weight is 363 g/mol. The Balaban J connectivity index is 1.61. The summed E-state index contributed by atoms with van der Waals surface area (Å²) < 4.78 is 13.0. The zero-order chi connectivity index (χ0) is 17.6. The highest BCUT2D eigenvalue weighted by Gasteiger charge is 2.41. The minimum Gasteiger partial charge on any atom is -0.347 e. The molecule has 134 valence electrons. The second kappa shape index (κ2) is 6.19. The van der Waals surface area contributed by atoms with Crippen molar-refractivity contribution in [3.05, 3.63) is 27.1 Å². The summed E-state index contributed by atoms with van der Waals surface area (Å²) >= 11 is 1.30. The summed E-state index contributed by atoms with van der Waals surface area (Å²) in [4.78, 5) is 32.9. The lowest BCUT2D eigenvalue weighted by atomic mass is 10.0. The van der Waals surface area contributed by atoms with Gasteiger partial charge in [0.25, 0.3) is 11.5 Å². The van der Waals surface area contributed by atoms with Gasteiger partial charge in [0.1, 0.15) is 4.83 Å². The zero-order valence-corrected chi connectivity index (χ0v) is 15.2. The Morgan fingerprint density at radius 2 is 2.00 bits per heavy atom. The van der Waals surface area contributed by atoms with E-state index in [1.807, 2.05) is 18.7 Å². The standard InChI is InChI=1S/C17H21N3O4S/c1-3-19-10-18-14-12(15(19)21)11(2)13(25-14)16(22)20-6-4-17(5-7-20)23-8-9-24-17/h10H,3-9H2,1-2H3. The maximum Gasteiger partial charge on any atom is 0.264 e. The first-order valence-electron chi connectivity index (χ1n) is 8.60. The highest BCUT2D eigenvalue weighted by atomic mass is 32.1. The minimum atomic E-state index is -0.498. The summed E-state index contributed by atoms with van der Waals surface area (Å²) in [6.45, 7) is 6.74. The second-order valence-corrected chi connectivity index (χ2v) is 7.47. The maximum atomic E-state index is 13.0. The van der Waals surface area contributed by atoms with Crippen molar-refractivity contribution in [2.24, 2.45) is 0 Å². The first-order valence-corrected chi connectivity index (χ1v) is 9.42. The molecule has 0 aliphatic carbocycles. The fraction of sp³-hybridized carbons (Fsp3) is 0.588. The van der Waals surface area contributed by atoms with Gasteiger partial charge in [-0.3, -0.25) is 14.2 Å². The van der Waals surface area contributed by atoms with Gasteiger partial charge in [-0.1, -0.05) is 0 Å². The van der Waals surface area contributed by atoms with Crippen molar-refractivity contribution in [2.45, 2.75) is 39.0 Å². The predicted octanol–water partition coefficient (Wildman–Crippen LogP) is 1.77. The third kappa shape index (κ3) is 2.68. The molecule has 0 aromatic carbocycles. The largest absolute Gasteiger partial charge is 0.347 e. The number of thiophene rings is 1. The van der Waals surface area contributed by atoms with Gasteiger partial charge >= 0.3 is 0 Å². The number of carbonyl (C=O) groups excluding carboxylic acids is 1. The first-order chi connectivity index (χ1) is 12.0. The van der Waals surface area contributed by atoms with E-state index in [-0.39, 0.29) is 11.5 Å². The molecule has 2 fully saturated rings. The number of amides is 1. The van der Waals surface area contributed by atoms with Gasteiger partial charge in [0.05, 0.1) is 29.8 Å². The van der Waals surface area contributed by atoms with Crippen LogP contribution in [0.4, 0.5) is 0 Å². The number of ether oxygens (including phenoxy) is 2. The molecule has 0 atom stereocenters. The van der Waals surface area contributed by atoms with Crippen LogP contribution in [-0.2, 0) is 16.0 Å². The van der Waals surface area contributed by atoms with Crippen LogP contribution in [0.15, 0.2) is 11.1 Å². The number of hydrogen-bond acceptors (Lipinski definition) is 6. The van der Waals surface area contributed by atoms with Crippen molar-refractivity contribution in [2.75, 3.05) is 26.3 Å². The average Bonchev–Trinajstić information content (AvgIpc) is 3.21. The Labute approximate surface area is 149 Å². The normalized spacial score (nSPS) is 19.8. The van der Waals surface area contributed by atoms with Crippen molar-refractivity contribution in [3.63, 3.8) is 0 Å². The van der Waals surface area contributed by atoms with Crippen LogP contribution in [0.1, 0.15) is 35.0 Å². The molecule has 0 N–H and O–H groups in total. The smallest absolute Gasteiger partial charge is 0.264 e. The molecule has 0 saturated carbocycles. The molecule has 0 bridgehead atoms. The summed E-state index contributed by atoms with van der Waals surface area (Å²) in [6, 6.07) is 0. The van der Waals surface area contributed by atoms with Crippen LogP contribution in [0.25, 0.3) is 10.2 Å². The lowest BCUT2D eigenvalue weighted by molar-refractivity contribution is -0.181. The number of likely N-dealkylation sites (tertiary alicyclic amines) is 1. The van der Waals surface area contributed by atoms with Gasteiger partial charge in [-0.05, 0) is 19.4 Å². The van der Waals surface area contributed by atoms with E-state index in [9.17, 15) is 9.59 Å². The van der Waals surface area contributed by atoms with E-state index in [0.717, 1.165) is 5.56 Å². The third-order valence-corrected chi connectivity index (χ3v) is 6.27. The molecule has 7 nitrogen and oxygen atoms in total. The molecule has 2 saturated heterocycles. The van der Waals surface area contributed by atoms with Crippen molar-refractivity contribution >= 4 is 27.5 Å². The van der Waals surface area contributed by atoms with Crippen molar-refractivity contribution in [1.82, 2.24) is 14.5 Å². The lowest BCUT2D eigenvalue weighted by Gasteiger charge is -2.37. The van der Waals surface area contributed by atoms with Crippen molar-refractivity contribution < 1.29 is 14.3 Å². The third-order valence-electron chi connectivity index (χ3n) is 5.08. The molecular weight excluding hydrogens is 342 g/mol. The molecule has 2 aliphatic heterocycles. The monoisotopic (exact) mass is 363 g/mol. The van der Waals surface area contributed by atoms with E-state index in [1.165, 1.54) is 11.3 Å². The van der Waals surface area contributed by atoms with E-state index < -0.39 is 5.79 Å². The van der Waals surface area contributed by atoms with Crippen LogP contribution >= 0.6 is 11.3 Å². The lowest BCUT2D eigenvalue weighted by Crippen LogP contribution is -2.47. The highest BCUT2D eigenvalue weighted by Crippen LogP contribution is 2.33.